The molecule has 0 spiro atoms. The predicted octanol–water partition coefficient (Wildman–Crippen LogP) is 4.92. The third-order valence-electron chi connectivity index (χ3n) is 3.35. The van der Waals surface area contributed by atoms with Crippen LogP contribution in [0.1, 0.15) is 59.3 Å². The minimum absolute atomic E-state index is 0.0734. The van der Waals surface area contributed by atoms with Gasteiger partial charge in [0.05, 0.1) is 6.61 Å². The number of rotatable bonds is 16. The van der Waals surface area contributed by atoms with E-state index in [1.165, 1.54) is 0 Å². The third-order valence-corrected chi connectivity index (χ3v) is 3.35. The summed E-state index contributed by atoms with van der Waals surface area (Å²) in [5.41, 5.74) is 0. The largest absolute Gasteiger partial charge is 0.377 e. The fraction of sp³-hybridized carbons (Fsp3) is 0.789. The number of unbranched alkanes of at least 4 members (excludes halogenated alkanes) is 3. The zero-order valence-electron chi connectivity index (χ0n) is 14.9. The first-order valence-corrected chi connectivity index (χ1v) is 8.90. The Morgan fingerprint density at radius 2 is 1.36 bits per heavy atom. The van der Waals surface area contributed by atoms with Gasteiger partial charge in [0.25, 0.3) is 0 Å². The quantitative estimate of drug-likeness (QED) is 0.299. The van der Waals surface area contributed by atoms with Crippen LogP contribution in [-0.2, 0) is 14.2 Å². The molecule has 2 atom stereocenters. The highest BCUT2D eigenvalue weighted by atomic mass is 16.5. The molecule has 0 saturated heterocycles. The van der Waals surface area contributed by atoms with Crippen molar-refractivity contribution in [3.8, 4) is 0 Å². The summed E-state index contributed by atoms with van der Waals surface area (Å²) in [6.45, 7) is 13.3. The molecule has 130 valence electrons. The van der Waals surface area contributed by atoms with Gasteiger partial charge in [0.1, 0.15) is 12.2 Å². The van der Waals surface area contributed by atoms with Gasteiger partial charge in [0.2, 0.25) is 0 Å². The monoisotopic (exact) mass is 312 g/mol. The summed E-state index contributed by atoms with van der Waals surface area (Å²) in [5, 5.41) is 0. The van der Waals surface area contributed by atoms with Gasteiger partial charge in [-0.05, 0) is 19.3 Å². The SMILES string of the molecule is C=C[C@H](OCCCC)[C@@H](/C=C\COCCCC)OCCCC. The van der Waals surface area contributed by atoms with Crippen LogP contribution in [0.4, 0.5) is 0 Å². The van der Waals surface area contributed by atoms with Crippen LogP contribution in [0, 0.1) is 0 Å². The number of hydrogen-bond acceptors (Lipinski definition) is 3. The molecule has 0 aromatic carbocycles. The fourth-order valence-electron chi connectivity index (χ4n) is 1.87. The van der Waals surface area contributed by atoms with Crippen molar-refractivity contribution in [2.45, 2.75) is 71.5 Å². The summed E-state index contributed by atoms with van der Waals surface area (Å²) in [5.74, 6) is 0. The lowest BCUT2D eigenvalue weighted by molar-refractivity contribution is -0.0305. The maximum atomic E-state index is 5.96. The van der Waals surface area contributed by atoms with Gasteiger partial charge in [-0.15, -0.1) is 6.58 Å². The van der Waals surface area contributed by atoms with E-state index >= 15 is 0 Å². The average Bonchev–Trinajstić information content (AvgIpc) is 2.54. The van der Waals surface area contributed by atoms with E-state index in [0.29, 0.717) is 6.61 Å². The molecule has 0 heterocycles. The van der Waals surface area contributed by atoms with Crippen molar-refractivity contribution in [2.75, 3.05) is 26.4 Å². The summed E-state index contributed by atoms with van der Waals surface area (Å²) in [6, 6.07) is 0. The van der Waals surface area contributed by atoms with Crippen molar-refractivity contribution >= 4 is 0 Å². The van der Waals surface area contributed by atoms with Gasteiger partial charge >= 0.3 is 0 Å². The molecular formula is C19H36O3. The van der Waals surface area contributed by atoms with E-state index in [0.717, 1.165) is 58.3 Å². The van der Waals surface area contributed by atoms with Crippen LogP contribution in [-0.4, -0.2) is 38.6 Å². The minimum atomic E-state index is -0.0877. The van der Waals surface area contributed by atoms with E-state index in [1.54, 1.807) is 0 Å². The molecule has 0 radical (unpaired) electrons. The fourth-order valence-corrected chi connectivity index (χ4v) is 1.87. The normalized spacial score (nSPS) is 14.3. The van der Waals surface area contributed by atoms with E-state index < -0.39 is 0 Å². The molecule has 0 fully saturated rings. The van der Waals surface area contributed by atoms with Crippen LogP contribution in [0.3, 0.4) is 0 Å². The minimum Gasteiger partial charge on any atom is -0.377 e. The molecular weight excluding hydrogens is 276 g/mol. The van der Waals surface area contributed by atoms with E-state index in [4.69, 9.17) is 14.2 Å². The molecule has 3 heteroatoms. The van der Waals surface area contributed by atoms with E-state index in [9.17, 15) is 0 Å². The first-order chi connectivity index (χ1) is 10.8. The van der Waals surface area contributed by atoms with Crippen molar-refractivity contribution in [3.63, 3.8) is 0 Å². The lowest BCUT2D eigenvalue weighted by Crippen LogP contribution is -2.29. The molecule has 0 unspecified atom stereocenters. The molecule has 0 amide bonds. The van der Waals surface area contributed by atoms with Gasteiger partial charge in [-0.3, -0.25) is 0 Å². The maximum absolute atomic E-state index is 5.96. The lowest BCUT2D eigenvalue weighted by Gasteiger charge is -2.22. The molecule has 0 aliphatic heterocycles. The van der Waals surface area contributed by atoms with Crippen LogP contribution >= 0.6 is 0 Å². The molecule has 0 aromatic heterocycles. The van der Waals surface area contributed by atoms with Gasteiger partial charge in [-0.2, -0.15) is 0 Å². The van der Waals surface area contributed by atoms with Gasteiger partial charge in [-0.1, -0.05) is 58.3 Å². The highest BCUT2D eigenvalue weighted by Gasteiger charge is 2.17. The van der Waals surface area contributed by atoms with Gasteiger partial charge < -0.3 is 14.2 Å². The van der Waals surface area contributed by atoms with Gasteiger partial charge in [-0.25, -0.2) is 0 Å². The molecule has 0 aliphatic carbocycles. The highest BCUT2D eigenvalue weighted by molar-refractivity contribution is 5.00. The molecule has 0 aromatic rings. The Kier molecular flexibility index (Phi) is 16.2. The zero-order valence-corrected chi connectivity index (χ0v) is 14.9. The van der Waals surface area contributed by atoms with Crippen LogP contribution in [0.2, 0.25) is 0 Å². The lowest BCUT2D eigenvalue weighted by atomic mass is 10.1. The molecule has 0 rings (SSSR count). The van der Waals surface area contributed by atoms with E-state index in [1.807, 2.05) is 12.2 Å². The van der Waals surface area contributed by atoms with E-state index in [2.05, 4.69) is 33.4 Å². The van der Waals surface area contributed by atoms with Crippen LogP contribution in [0.25, 0.3) is 0 Å². The second-order valence-corrected chi connectivity index (χ2v) is 5.47. The van der Waals surface area contributed by atoms with Gasteiger partial charge in [0.15, 0.2) is 0 Å². The molecule has 0 N–H and O–H groups in total. The van der Waals surface area contributed by atoms with Crippen molar-refractivity contribution in [3.05, 3.63) is 24.8 Å². The summed E-state index contributed by atoms with van der Waals surface area (Å²) >= 11 is 0. The average molecular weight is 312 g/mol. The Bertz CT molecular complexity index is 263. The maximum Gasteiger partial charge on any atom is 0.105 e. The van der Waals surface area contributed by atoms with Crippen molar-refractivity contribution in [1.82, 2.24) is 0 Å². The third kappa shape index (κ3) is 12.0. The number of hydrogen-bond donors (Lipinski definition) is 0. The van der Waals surface area contributed by atoms with Crippen LogP contribution in [0.5, 0.6) is 0 Å². The highest BCUT2D eigenvalue weighted by Crippen LogP contribution is 2.10. The molecule has 0 saturated carbocycles. The summed E-state index contributed by atoms with van der Waals surface area (Å²) in [4.78, 5) is 0. The molecule has 22 heavy (non-hydrogen) atoms. The van der Waals surface area contributed by atoms with Crippen LogP contribution in [0.15, 0.2) is 24.8 Å². The Morgan fingerprint density at radius 3 is 1.91 bits per heavy atom. The van der Waals surface area contributed by atoms with Gasteiger partial charge in [0, 0.05) is 19.8 Å². The smallest absolute Gasteiger partial charge is 0.105 e. The Labute approximate surface area is 137 Å². The first kappa shape index (κ1) is 21.4. The molecule has 0 aliphatic rings. The summed E-state index contributed by atoms with van der Waals surface area (Å²) in [6.07, 6.45) is 12.4. The Balaban J connectivity index is 4.30. The predicted molar refractivity (Wildman–Crippen MR) is 94.4 cm³/mol. The zero-order chi connectivity index (χ0) is 16.5. The molecule has 3 nitrogen and oxygen atoms in total. The van der Waals surface area contributed by atoms with Crippen molar-refractivity contribution < 1.29 is 14.2 Å². The summed E-state index contributed by atoms with van der Waals surface area (Å²) < 4.78 is 17.4. The van der Waals surface area contributed by atoms with Crippen molar-refractivity contribution in [1.29, 1.82) is 0 Å². The van der Waals surface area contributed by atoms with E-state index in [-0.39, 0.29) is 12.2 Å². The summed E-state index contributed by atoms with van der Waals surface area (Å²) in [7, 11) is 0. The van der Waals surface area contributed by atoms with Crippen LogP contribution < -0.4 is 0 Å². The van der Waals surface area contributed by atoms with Crippen molar-refractivity contribution in [2.24, 2.45) is 0 Å². The second-order valence-electron chi connectivity index (χ2n) is 5.47. The Morgan fingerprint density at radius 1 is 0.818 bits per heavy atom. The number of ether oxygens (including phenoxy) is 3. The standard InChI is InChI=1S/C19H36O3/c1-5-9-14-20-15-12-13-19(22-17-11-7-3)18(8-4)21-16-10-6-2/h8,12-13,18-19H,4-7,9-11,14-17H2,1-3H3/b13-12-/t18-,19+/m0/s1. The Hall–Kier alpha value is -0.640. The molecule has 0 bridgehead atoms. The first-order valence-electron chi connectivity index (χ1n) is 8.90. The topological polar surface area (TPSA) is 27.7 Å². The second kappa shape index (κ2) is 16.7.